The van der Waals surface area contributed by atoms with Crippen LogP contribution in [0.25, 0.3) is 0 Å². The third kappa shape index (κ3) is 33.5. The molecular formula is C3H4BO. The lowest BCUT2D eigenvalue weighted by atomic mass is 10.8. The lowest BCUT2D eigenvalue weighted by Gasteiger charge is -1.37. The molecule has 0 amide bonds. The molecule has 0 atom stereocenters. The molecule has 0 N–H and O–H groups in total. The minimum atomic E-state index is 0. The SMILES string of the molecule is C=CC=O.[B]. The standard InChI is InChI=1S/C3H4O.B/c1-2-3-4;/h2-3H,1H2;. The third-order valence-electron chi connectivity index (χ3n) is 0.0962. The predicted molar refractivity (Wildman–Crippen MR) is 22.0 cm³/mol. The fourth-order valence-electron chi connectivity index (χ4n) is 0. The minimum absolute atomic E-state index is 0. The van der Waals surface area contributed by atoms with E-state index in [1.807, 2.05) is 0 Å². The first-order valence-corrected chi connectivity index (χ1v) is 0.977. The van der Waals surface area contributed by atoms with Crippen LogP contribution in [0.1, 0.15) is 0 Å². The second-order valence-electron chi connectivity index (χ2n) is 0.372. The fourth-order valence-corrected chi connectivity index (χ4v) is 0. The summed E-state index contributed by atoms with van der Waals surface area (Å²) in [5.41, 5.74) is 0. The lowest BCUT2D eigenvalue weighted by Crippen LogP contribution is -1.44. The summed E-state index contributed by atoms with van der Waals surface area (Å²) >= 11 is 0. The first kappa shape index (κ1) is 8.82. The molecule has 0 spiro atoms. The van der Waals surface area contributed by atoms with Crippen molar-refractivity contribution in [3.8, 4) is 0 Å². The van der Waals surface area contributed by atoms with E-state index in [4.69, 9.17) is 4.79 Å². The van der Waals surface area contributed by atoms with E-state index < -0.39 is 0 Å². The summed E-state index contributed by atoms with van der Waals surface area (Å²) in [6.07, 6.45) is 1.83. The third-order valence-corrected chi connectivity index (χ3v) is 0.0962. The van der Waals surface area contributed by atoms with Crippen LogP contribution in [-0.4, -0.2) is 14.7 Å². The van der Waals surface area contributed by atoms with Crippen molar-refractivity contribution in [3.05, 3.63) is 12.7 Å². The number of hydrogen-bond acceptors (Lipinski definition) is 1. The van der Waals surface area contributed by atoms with Gasteiger partial charge in [-0.05, 0) is 6.08 Å². The summed E-state index contributed by atoms with van der Waals surface area (Å²) in [6.45, 7) is 3.11. The average Bonchev–Trinajstić information content (AvgIpc) is 1.37. The maximum absolute atomic E-state index is 9.06. The van der Waals surface area contributed by atoms with E-state index >= 15 is 0 Å². The largest absolute Gasteiger partial charge is 0.299 e. The van der Waals surface area contributed by atoms with Gasteiger partial charge in [-0.15, -0.1) is 0 Å². The van der Waals surface area contributed by atoms with E-state index in [1.54, 1.807) is 0 Å². The zero-order chi connectivity index (χ0) is 3.41. The molecule has 0 aromatic rings. The second-order valence-corrected chi connectivity index (χ2v) is 0.372. The van der Waals surface area contributed by atoms with Crippen molar-refractivity contribution in [2.75, 3.05) is 0 Å². The lowest BCUT2D eigenvalue weighted by molar-refractivity contribution is -0.104. The minimum Gasteiger partial charge on any atom is -0.299 e. The van der Waals surface area contributed by atoms with Gasteiger partial charge in [0.2, 0.25) is 0 Å². The molecule has 2 heteroatoms. The Morgan fingerprint density at radius 3 is 1.80 bits per heavy atom. The molecule has 0 heterocycles. The Labute approximate surface area is 33.3 Å². The van der Waals surface area contributed by atoms with Crippen molar-refractivity contribution in [2.45, 2.75) is 0 Å². The molecule has 0 saturated heterocycles. The quantitative estimate of drug-likeness (QED) is 0.239. The van der Waals surface area contributed by atoms with Gasteiger partial charge in [-0.1, -0.05) is 6.58 Å². The molecule has 0 aromatic carbocycles. The van der Waals surface area contributed by atoms with Crippen LogP contribution in [0.2, 0.25) is 0 Å². The molecule has 1 nitrogen and oxygen atoms in total. The number of carbonyl (C=O) groups excluding carboxylic acids is 1. The molecule has 0 bridgehead atoms. The molecule has 0 rings (SSSR count). The molecule has 0 unspecified atom stereocenters. The second kappa shape index (κ2) is 9.78. The van der Waals surface area contributed by atoms with Crippen molar-refractivity contribution in [2.24, 2.45) is 0 Å². The van der Waals surface area contributed by atoms with Gasteiger partial charge in [0.05, 0.1) is 0 Å². The molecule has 0 aliphatic rings. The van der Waals surface area contributed by atoms with Crippen molar-refractivity contribution in [1.82, 2.24) is 0 Å². The summed E-state index contributed by atoms with van der Waals surface area (Å²) in [5.74, 6) is 0. The highest BCUT2D eigenvalue weighted by Crippen LogP contribution is 1.35. The summed E-state index contributed by atoms with van der Waals surface area (Å²) < 4.78 is 0. The van der Waals surface area contributed by atoms with Crippen LogP contribution in [0.3, 0.4) is 0 Å². The van der Waals surface area contributed by atoms with Crippen molar-refractivity contribution in [3.63, 3.8) is 0 Å². The van der Waals surface area contributed by atoms with Crippen LogP contribution in [0.15, 0.2) is 12.7 Å². The molecule has 0 fully saturated rings. The molecule has 0 saturated carbocycles. The van der Waals surface area contributed by atoms with Gasteiger partial charge in [-0.25, -0.2) is 0 Å². The number of hydrogen-bond donors (Lipinski definition) is 0. The summed E-state index contributed by atoms with van der Waals surface area (Å²) in [7, 11) is 0. The summed E-state index contributed by atoms with van der Waals surface area (Å²) in [4.78, 5) is 9.06. The zero-order valence-corrected chi connectivity index (χ0v) is 2.85. The highest BCUT2D eigenvalue weighted by Gasteiger charge is 1.38. The molecule has 25 valence electrons. The normalized spacial score (nSPS) is 4.00. The Kier molecular flexibility index (Phi) is 17.3. The van der Waals surface area contributed by atoms with Gasteiger partial charge in [0, 0.05) is 8.41 Å². The maximum atomic E-state index is 9.06. The van der Waals surface area contributed by atoms with E-state index in [-0.39, 0.29) is 8.41 Å². The van der Waals surface area contributed by atoms with Crippen LogP contribution in [0, 0.1) is 0 Å². The van der Waals surface area contributed by atoms with Crippen LogP contribution >= 0.6 is 0 Å². The van der Waals surface area contributed by atoms with Crippen molar-refractivity contribution in [1.29, 1.82) is 0 Å². The Morgan fingerprint density at radius 1 is 1.60 bits per heavy atom. The van der Waals surface area contributed by atoms with Crippen molar-refractivity contribution >= 4 is 14.7 Å². The summed E-state index contributed by atoms with van der Waals surface area (Å²) in [6, 6.07) is 0. The molecule has 3 radical (unpaired) electrons. The smallest absolute Gasteiger partial charge is 0.142 e. The topological polar surface area (TPSA) is 17.1 Å². The van der Waals surface area contributed by atoms with Gasteiger partial charge in [-0.2, -0.15) is 0 Å². The molecule has 0 aromatic heterocycles. The van der Waals surface area contributed by atoms with E-state index in [1.165, 1.54) is 6.08 Å². The maximum Gasteiger partial charge on any atom is 0.142 e. The molecule has 0 aliphatic carbocycles. The number of allylic oxidation sites excluding steroid dienone is 1. The summed E-state index contributed by atoms with van der Waals surface area (Å²) in [5, 5.41) is 0. The number of carbonyl (C=O) groups is 1. The van der Waals surface area contributed by atoms with E-state index in [0.29, 0.717) is 6.29 Å². The Hall–Kier alpha value is -0.525. The first-order valence-electron chi connectivity index (χ1n) is 0.977. The van der Waals surface area contributed by atoms with Crippen LogP contribution in [-0.2, 0) is 4.79 Å². The average molecular weight is 66.9 g/mol. The van der Waals surface area contributed by atoms with E-state index in [0.717, 1.165) is 0 Å². The number of rotatable bonds is 1. The highest BCUT2D eigenvalue weighted by atomic mass is 16.1. The van der Waals surface area contributed by atoms with Gasteiger partial charge in [0.1, 0.15) is 6.29 Å². The van der Waals surface area contributed by atoms with Crippen molar-refractivity contribution < 1.29 is 4.79 Å². The van der Waals surface area contributed by atoms with Crippen LogP contribution < -0.4 is 0 Å². The number of aldehydes is 1. The highest BCUT2D eigenvalue weighted by molar-refractivity contribution is 5.75. The molecular weight excluding hydrogens is 62.8 g/mol. The van der Waals surface area contributed by atoms with Gasteiger partial charge < -0.3 is 0 Å². The first-order chi connectivity index (χ1) is 1.91. The fraction of sp³-hybridized carbons (Fsp3) is 0. The predicted octanol–water partition coefficient (Wildman–Crippen LogP) is -0.00950. The Morgan fingerprint density at radius 2 is 1.80 bits per heavy atom. The Balaban J connectivity index is 0. The Bertz CT molecular complexity index is 27.9. The van der Waals surface area contributed by atoms with E-state index in [2.05, 4.69) is 6.58 Å². The zero-order valence-electron chi connectivity index (χ0n) is 2.85. The monoisotopic (exact) mass is 67.0 g/mol. The van der Waals surface area contributed by atoms with E-state index in [9.17, 15) is 0 Å². The molecule has 5 heavy (non-hydrogen) atoms. The van der Waals surface area contributed by atoms with Crippen LogP contribution in [0.5, 0.6) is 0 Å². The van der Waals surface area contributed by atoms with Gasteiger partial charge in [-0.3, -0.25) is 4.79 Å². The van der Waals surface area contributed by atoms with Gasteiger partial charge in [0.25, 0.3) is 0 Å². The molecule has 0 aliphatic heterocycles. The van der Waals surface area contributed by atoms with Gasteiger partial charge in [0.15, 0.2) is 0 Å². The van der Waals surface area contributed by atoms with Gasteiger partial charge >= 0.3 is 0 Å². The van der Waals surface area contributed by atoms with Crippen LogP contribution in [0.4, 0.5) is 0 Å².